The summed E-state index contributed by atoms with van der Waals surface area (Å²) in [6.45, 7) is 7.71. The minimum atomic E-state index is -1.12. The third-order valence-corrected chi connectivity index (χ3v) is 4.63. The second-order valence-electron chi connectivity index (χ2n) is 6.00. The van der Waals surface area contributed by atoms with Gasteiger partial charge in [0.25, 0.3) is 0 Å². The first-order valence-corrected chi connectivity index (χ1v) is 10.7. The van der Waals surface area contributed by atoms with Crippen LogP contribution < -0.4 is 9.47 Å². The molecule has 5 nitrogen and oxygen atoms in total. The zero-order chi connectivity index (χ0) is 15.9. The molecule has 1 aromatic rings. The van der Waals surface area contributed by atoms with Gasteiger partial charge in [-0.05, 0) is 18.2 Å². The van der Waals surface area contributed by atoms with Crippen molar-refractivity contribution < 1.29 is 24.1 Å². The van der Waals surface area contributed by atoms with E-state index in [4.69, 9.17) is 18.9 Å². The van der Waals surface area contributed by atoms with Gasteiger partial charge < -0.3 is 24.1 Å². The van der Waals surface area contributed by atoms with Crippen LogP contribution in [-0.4, -0.2) is 40.8 Å². The van der Waals surface area contributed by atoms with Gasteiger partial charge in [0.1, 0.15) is 11.5 Å². The summed E-state index contributed by atoms with van der Waals surface area (Å²) in [5.41, 5.74) is 0.548. The van der Waals surface area contributed by atoms with E-state index < -0.39 is 14.4 Å². The molecular weight excluding hydrogens is 288 g/mol. The second kappa shape index (κ2) is 8.38. The molecule has 0 aliphatic heterocycles. The highest BCUT2D eigenvalue weighted by atomic mass is 28.3. The smallest absolute Gasteiger partial charge is 0.188 e. The maximum absolute atomic E-state index is 9.80. The number of hydrogen-bond donors (Lipinski definition) is 1. The second-order valence-corrected chi connectivity index (χ2v) is 11.6. The molecule has 0 aliphatic carbocycles. The van der Waals surface area contributed by atoms with Gasteiger partial charge in [0, 0.05) is 33.9 Å². The molecule has 21 heavy (non-hydrogen) atoms. The minimum absolute atomic E-state index is 0.0990. The van der Waals surface area contributed by atoms with E-state index in [0.29, 0.717) is 23.7 Å². The monoisotopic (exact) mass is 314 g/mol. The van der Waals surface area contributed by atoms with Gasteiger partial charge in [0.2, 0.25) is 0 Å². The predicted octanol–water partition coefficient (Wildman–Crippen LogP) is 3.02. The average molecular weight is 314 g/mol. The van der Waals surface area contributed by atoms with Gasteiger partial charge in [-0.3, -0.25) is 0 Å². The molecule has 0 bridgehead atoms. The fourth-order valence-corrected chi connectivity index (χ4v) is 2.37. The Kier molecular flexibility index (Phi) is 7.17. The molecule has 0 saturated carbocycles. The van der Waals surface area contributed by atoms with Crippen molar-refractivity contribution in [1.82, 2.24) is 0 Å². The van der Waals surface area contributed by atoms with Gasteiger partial charge in [0.15, 0.2) is 13.1 Å². The van der Waals surface area contributed by atoms with E-state index in [9.17, 15) is 5.11 Å². The van der Waals surface area contributed by atoms with Crippen LogP contribution >= 0.6 is 0 Å². The number of rotatable bonds is 9. The van der Waals surface area contributed by atoms with Crippen LogP contribution in [0.15, 0.2) is 18.2 Å². The lowest BCUT2D eigenvalue weighted by Gasteiger charge is -2.18. The third kappa shape index (κ3) is 6.47. The number of benzene rings is 1. The lowest BCUT2D eigenvalue weighted by molar-refractivity contribution is -0.0794. The van der Waals surface area contributed by atoms with Crippen molar-refractivity contribution in [2.45, 2.75) is 32.0 Å². The molecule has 0 spiro atoms. The van der Waals surface area contributed by atoms with Crippen LogP contribution in [0, 0.1) is 0 Å². The Bertz CT molecular complexity index is 431. The summed E-state index contributed by atoms with van der Waals surface area (Å²) < 4.78 is 21.0. The van der Waals surface area contributed by atoms with Crippen LogP contribution in [0.25, 0.3) is 0 Å². The third-order valence-electron chi connectivity index (χ3n) is 2.93. The van der Waals surface area contributed by atoms with E-state index in [1.54, 1.807) is 25.3 Å². The normalized spacial score (nSPS) is 13.0. The van der Waals surface area contributed by atoms with E-state index in [1.165, 1.54) is 7.11 Å². The van der Waals surface area contributed by atoms with Crippen molar-refractivity contribution in [3.63, 3.8) is 0 Å². The Hall–Kier alpha value is -1.08. The zero-order valence-corrected chi connectivity index (χ0v) is 14.5. The highest BCUT2D eigenvalue weighted by Crippen LogP contribution is 2.30. The molecule has 1 rings (SSSR count). The molecule has 0 aliphatic rings. The predicted molar refractivity (Wildman–Crippen MR) is 84.6 cm³/mol. The van der Waals surface area contributed by atoms with Crippen LogP contribution in [0.5, 0.6) is 11.5 Å². The SMILES string of the molecule is COCOc1cc(OCC[Si](C)(C)C)ccc1C(O)OC. The standard InChI is InChI=1S/C15H26O5Si/c1-17-11-20-14-10-12(19-8-9-21(3,4)5)6-7-13(14)15(16)18-2/h6-7,10,15-16H,8-9,11H2,1-5H3. The lowest BCUT2D eigenvalue weighted by Crippen LogP contribution is -2.22. The fraction of sp³-hybridized carbons (Fsp3) is 0.600. The summed E-state index contributed by atoms with van der Waals surface area (Å²) >= 11 is 0. The molecule has 0 fully saturated rings. The van der Waals surface area contributed by atoms with Crippen molar-refractivity contribution in [3.05, 3.63) is 23.8 Å². The first-order valence-electron chi connectivity index (χ1n) is 6.96. The molecule has 1 atom stereocenters. The van der Waals surface area contributed by atoms with Gasteiger partial charge in [-0.2, -0.15) is 0 Å². The summed E-state index contributed by atoms with van der Waals surface area (Å²) in [4.78, 5) is 0. The Balaban J connectivity index is 2.78. The number of ether oxygens (including phenoxy) is 4. The highest BCUT2D eigenvalue weighted by Gasteiger charge is 2.16. The van der Waals surface area contributed by atoms with E-state index in [1.807, 2.05) is 0 Å². The summed E-state index contributed by atoms with van der Waals surface area (Å²) in [6.07, 6.45) is -1.03. The number of hydrogen-bond acceptors (Lipinski definition) is 5. The minimum Gasteiger partial charge on any atom is -0.494 e. The van der Waals surface area contributed by atoms with Crippen molar-refractivity contribution >= 4 is 8.07 Å². The van der Waals surface area contributed by atoms with E-state index in [-0.39, 0.29) is 6.79 Å². The molecule has 0 heterocycles. The largest absolute Gasteiger partial charge is 0.494 e. The van der Waals surface area contributed by atoms with Crippen molar-refractivity contribution in [2.24, 2.45) is 0 Å². The maximum Gasteiger partial charge on any atom is 0.188 e. The Labute approximate surface area is 127 Å². The van der Waals surface area contributed by atoms with Crippen molar-refractivity contribution in [2.75, 3.05) is 27.6 Å². The molecule has 120 valence electrons. The molecule has 0 radical (unpaired) electrons. The first kappa shape index (κ1) is 18.0. The Morgan fingerprint density at radius 1 is 1.14 bits per heavy atom. The lowest BCUT2D eigenvalue weighted by atomic mass is 10.2. The van der Waals surface area contributed by atoms with Crippen LogP contribution in [0.3, 0.4) is 0 Å². The van der Waals surface area contributed by atoms with Crippen LogP contribution in [0.1, 0.15) is 11.9 Å². The van der Waals surface area contributed by atoms with E-state index >= 15 is 0 Å². The molecule has 6 heteroatoms. The molecule has 0 amide bonds. The first-order chi connectivity index (χ1) is 9.87. The van der Waals surface area contributed by atoms with E-state index in [0.717, 1.165) is 6.04 Å². The average Bonchev–Trinajstić information content (AvgIpc) is 2.43. The van der Waals surface area contributed by atoms with E-state index in [2.05, 4.69) is 19.6 Å². The van der Waals surface area contributed by atoms with Crippen LogP contribution in [0.2, 0.25) is 25.7 Å². The number of aliphatic hydroxyl groups is 1. The molecule has 1 aromatic carbocycles. The Morgan fingerprint density at radius 3 is 2.43 bits per heavy atom. The summed E-state index contributed by atoms with van der Waals surface area (Å²) in [5, 5.41) is 9.80. The maximum atomic E-state index is 9.80. The van der Waals surface area contributed by atoms with Gasteiger partial charge >= 0.3 is 0 Å². The van der Waals surface area contributed by atoms with Crippen molar-refractivity contribution in [1.29, 1.82) is 0 Å². The topological polar surface area (TPSA) is 57.2 Å². The molecule has 1 N–H and O–H groups in total. The van der Waals surface area contributed by atoms with Gasteiger partial charge in [-0.15, -0.1) is 0 Å². The molecular formula is C15H26O5Si. The quantitative estimate of drug-likeness (QED) is 0.561. The molecule has 0 saturated heterocycles. The van der Waals surface area contributed by atoms with Gasteiger partial charge in [-0.25, -0.2) is 0 Å². The fourth-order valence-electron chi connectivity index (χ4n) is 1.66. The summed E-state index contributed by atoms with van der Waals surface area (Å²) in [5.74, 6) is 1.21. The summed E-state index contributed by atoms with van der Waals surface area (Å²) in [6, 6.07) is 6.38. The number of aliphatic hydroxyl groups excluding tert-OH is 1. The zero-order valence-electron chi connectivity index (χ0n) is 13.5. The summed E-state index contributed by atoms with van der Waals surface area (Å²) in [7, 11) is 1.86. The highest BCUT2D eigenvalue weighted by molar-refractivity contribution is 6.76. The van der Waals surface area contributed by atoms with Gasteiger partial charge in [0.05, 0.1) is 6.61 Å². The number of methoxy groups -OCH3 is 2. The van der Waals surface area contributed by atoms with Gasteiger partial charge in [-0.1, -0.05) is 19.6 Å². The van der Waals surface area contributed by atoms with Crippen LogP contribution in [-0.2, 0) is 9.47 Å². The van der Waals surface area contributed by atoms with Crippen molar-refractivity contribution in [3.8, 4) is 11.5 Å². The Morgan fingerprint density at radius 2 is 1.86 bits per heavy atom. The van der Waals surface area contributed by atoms with Crippen LogP contribution in [0.4, 0.5) is 0 Å². The molecule has 1 unspecified atom stereocenters. The molecule has 0 aromatic heterocycles.